The molecule has 1 amide bonds. The van der Waals surface area contributed by atoms with Gasteiger partial charge in [0.05, 0.1) is 16.9 Å². The number of nitrogens with one attached hydrogen (secondary N) is 1. The lowest BCUT2D eigenvalue weighted by Crippen LogP contribution is -2.23. The number of esters is 1. The van der Waals surface area contributed by atoms with E-state index in [4.69, 9.17) is 4.74 Å². The monoisotopic (exact) mass is 432 g/mol. The minimum absolute atomic E-state index is 0.193. The van der Waals surface area contributed by atoms with Crippen LogP contribution in [0.1, 0.15) is 22.4 Å². The quantitative estimate of drug-likeness (QED) is 0.345. The Morgan fingerprint density at radius 2 is 1.78 bits per heavy atom. The summed E-state index contributed by atoms with van der Waals surface area (Å²) >= 11 is 0. The third kappa shape index (κ3) is 4.65. The largest absolute Gasteiger partial charge is 0.455 e. The Labute approximate surface area is 184 Å². The van der Waals surface area contributed by atoms with E-state index in [0.717, 1.165) is 16.9 Å². The summed E-state index contributed by atoms with van der Waals surface area (Å²) in [4.78, 5) is 35.1. The molecular weight excluding hydrogens is 412 g/mol. The van der Waals surface area contributed by atoms with E-state index in [1.165, 1.54) is 18.2 Å². The number of nitrogens with zero attached hydrogens (tertiary/aromatic N) is 3. The Balaban J connectivity index is 1.73. The maximum Gasteiger partial charge on any atom is 0.311 e. The third-order valence-corrected chi connectivity index (χ3v) is 4.98. The zero-order chi connectivity index (χ0) is 23.3. The molecule has 0 aliphatic carbocycles. The minimum atomic E-state index is -0.777. The van der Waals surface area contributed by atoms with Gasteiger partial charge in [-0.05, 0) is 31.5 Å². The van der Waals surface area contributed by atoms with E-state index in [-0.39, 0.29) is 23.5 Å². The Morgan fingerprint density at radius 3 is 2.44 bits per heavy atom. The average Bonchev–Trinajstić information content (AvgIpc) is 3.02. The Hall–Kier alpha value is -4.45. The summed E-state index contributed by atoms with van der Waals surface area (Å²) in [5.74, 6) is -1.12. The van der Waals surface area contributed by atoms with E-state index in [0.29, 0.717) is 5.56 Å². The van der Waals surface area contributed by atoms with Gasteiger partial charge in [-0.25, -0.2) is 0 Å². The van der Waals surface area contributed by atoms with Gasteiger partial charge in [0.1, 0.15) is 11.9 Å². The van der Waals surface area contributed by atoms with Crippen LogP contribution in [0.5, 0.6) is 0 Å². The van der Waals surface area contributed by atoms with E-state index in [9.17, 15) is 25.0 Å². The van der Waals surface area contributed by atoms with Gasteiger partial charge in [-0.15, -0.1) is 0 Å². The Bertz CT molecular complexity index is 1230. The molecule has 0 fully saturated rings. The maximum atomic E-state index is 12.5. The number of hydrogen-bond acceptors (Lipinski definition) is 6. The fourth-order valence-electron chi connectivity index (χ4n) is 3.32. The lowest BCUT2D eigenvalue weighted by Gasteiger charge is -2.13. The van der Waals surface area contributed by atoms with Crippen molar-refractivity contribution in [3.8, 4) is 11.8 Å². The summed E-state index contributed by atoms with van der Waals surface area (Å²) in [7, 11) is 0. The highest BCUT2D eigenvalue weighted by Gasteiger charge is 2.22. The van der Waals surface area contributed by atoms with Gasteiger partial charge in [0.15, 0.2) is 6.61 Å². The molecule has 32 heavy (non-hydrogen) atoms. The molecule has 1 aromatic heterocycles. The van der Waals surface area contributed by atoms with Crippen molar-refractivity contribution in [3.63, 3.8) is 0 Å². The van der Waals surface area contributed by atoms with E-state index < -0.39 is 23.4 Å². The number of nitriles is 1. The van der Waals surface area contributed by atoms with Crippen LogP contribution < -0.4 is 5.32 Å². The summed E-state index contributed by atoms with van der Waals surface area (Å²) in [6.45, 7) is 3.03. The summed E-state index contributed by atoms with van der Waals surface area (Å²) < 4.78 is 6.76. The van der Waals surface area contributed by atoms with Gasteiger partial charge in [-0.2, -0.15) is 5.26 Å². The van der Waals surface area contributed by atoms with Crippen LogP contribution in [0.3, 0.4) is 0 Å². The van der Waals surface area contributed by atoms with Crippen LogP contribution in [0.15, 0.2) is 54.6 Å². The zero-order valence-electron chi connectivity index (χ0n) is 17.5. The molecule has 0 unspecified atom stereocenters. The topological polar surface area (TPSA) is 127 Å². The Kier molecular flexibility index (Phi) is 6.65. The van der Waals surface area contributed by atoms with Gasteiger partial charge in [-0.1, -0.05) is 36.4 Å². The molecule has 0 atom stereocenters. The van der Waals surface area contributed by atoms with E-state index >= 15 is 0 Å². The predicted octanol–water partition coefficient (Wildman–Crippen LogP) is 3.60. The lowest BCUT2D eigenvalue weighted by atomic mass is 10.1. The standard InChI is InChI=1S/C23H20N4O5/c1-15-16(2)26(18-9-4-3-5-10-18)23(19(15)13-24)25-21(28)14-32-22(29)12-17-8-6-7-11-20(17)27(30)31/h3-11H,12,14H2,1-2H3,(H,25,28). The molecule has 9 nitrogen and oxygen atoms in total. The van der Waals surface area contributed by atoms with Crippen molar-refractivity contribution in [3.05, 3.63) is 87.1 Å². The molecule has 0 aliphatic rings. The van der Waals surface area contributed by atoms with Gasteiger partial charge in [0.2, 0.25) is 0 Å². The van der Waals surface area contributed by atoms with E-state index in [1.807, 2.05) is 37.3 Å². The number of aromatic nitrogens is 1. The van der Waals surface area contributed by atoms with Crippen molar-refractivity contribution in [1.82, 2.24) is 4.57 Å². The SMILES string of the molecule is Cc1c(C#N)c(NC(=O)COC(=O)Cc2ccccc2[N+](=O)[O-])n(-c2ccccc2)c1C. The molecule has 0 aliphatic heterocycles. The second kappa shape index (κ2) is 9.57. The van der Waals surface area contributed by atoms with Crippen molar-refractivity contribution in [2.45, 2.75) is 20.3 Å². The van der Waals surface area contributed by atoms with Crippen molar-refractivity contribution in [2.24, 2.45) is 0 Å². The molecular formula is C23H20N4O5. The lowest BCUT2D eigenvalue weighted by molar-refractivity contribution is -0.385. The molecule has 3 aromatic rings. The molecule has 0 spiro atoms. The number of nitro groups is 1. The number of amides is 1. The number of nitro benzene ring substituents is 1. The summed E-state index contributed by atoms with van der Waals surface area (Å²) in [5, 5.41) is 23.3. The maximum absolute atomic E-state index is 12.5. The first-order valence-electron chi connectivity index (χ1n) is 9.68. The van der Waals surface area contributed by atoms with Crippen LogP contribution in [0, 0.1) is 35.3 Å². The Morgan fingerprint density at radius 1 is 1.12 bits per heavy atom. The number of carbonyl (C=O) groups excluding carboxylic acids is 2. The normalized spacial score (nSPS) is 10.3. The highest BCUT2D eigenvalue weighted by molar-refractivity contribution is 5.94. The van der Waals surface area contributed by atoms with Crippen LogP contribution in [0.25, 0.3) is 5.69 Å². The number of para-hydroxylation sites is 2. The predicted molar refractivity (Wildman–Crippen MR) is 116 cm³/mol. The molecule has 1 N–H and O–H groups in total. The fourth-order valence-corrected chi connectivity index (χ4v) is 3.32. The number of carbonyl (C=O) groups is 2. The van der Waals surface area contributed by atoms with Crippen LogP contribution >= 0.6 is 0 Å². The van der Waals surface area contributed by atoms with Gasteiger partial charge in [0.25, 0.3) is 11.6 Å². The zero-order valence-corrected chi connectivity index (χ0v) is 17.5. The number of ether oxygens (including phenoxy) is 1. The highest BCUT2D eigenvalue weighted by Crippen LogP contribution is 2.29. The summed E-state index contributed by atoms with van der Waals surface area (Å²) in [6, 6.07) is 17.2. The molecule has 3 rings (SSSR count). The van der Waals surface area contributed by atoms with Crippen LogP contribution in [-0.4, -0.2) is 28.0 Å². The first-order valence-corrected chi connectivity index (χ1v) is 9.68. The van der Waals surface area contributed by atoms with Gasteiger partial charge >= 0.3 is 5.97 Å². The molecule has 2 aromatic carbocycles. The molecule has 0 radical (unpaired) electrons. The van der Waals surface area contributed by atoms with Gasteiger partial charge in [-0.3, -0.25) is 24.3 Å². The van der Waals surface area contributed by atoms with Gasteiger partial charge < -0.3 is 10.1 Å². The third-order valence-electron chi connectivity index (χ3n) is 4.98. The smallest absolute Gasteiger partial charge is 0.311 e. The van der Waals surface area contributed by atoms with E-state index in [1.54, 1.807) is 17.6 Å². The highest BCUT2D eigenvalue weighted by atomic mass is 16.6. The van der Waals surface area contributed by atoms with Crippen molar-refractivity contribution < 1.29 is 19.2 Å². The second-order valence-electron chi connectivity index (χ2n) is 6.99. The first kappa shape index (κ1) is 22.2. The number of anilines is 1. The molecule has 0 bridgehead atoms. The molecule has 0 saturated carbocycles. The first-order chi connectivity index (χ1) is 15.3. The molecule has 9 heteroatoms. The average molecular weight is 432 g/mol. The summed E-state index contributed by atoms with van der Waals surface area (Å²) in [5.41, 5.74) is 2.58. The second-order valence-corrected chi connectivity index (χ2v) is 6.99. The minimum Gasteiger partial charge on any atom is -0.455 e. The molecule has 1 heterocycles. The number of rotatable bonds is 7. The van der Waals surface area contributed by atoms with Crippen LogP contribution in [-0.2, 0) is 20.7 Å². The van der Waals surface area contributed by atoms with Crippen molar-refractivity contribution >= 4 is 23.4 Å². The van der Waals surface area contributed by atoms with Crippen molar-refractivity contribution in [2.75, 3.05) is 11.9 Å². The fraction of sp³-hybridized carbons (Fsp3) is 0.174. The van der Waals surface area contributed by atoms with Crippen LogP contribution in [0.2, 0.25) is 0 Å². The summed E-state index contributed by atoms with van der Waals surface area (Å²) in [6.07, 6.45) is -0.341. The van der Waals surface area contributed by atoms with Gasteiger partial charge in [0, 0.05) is 23.0 Å². The van der Waals surface area contributed by atoms with Crippen LogP contribution in [0.4, 0.5) is 11.5 Å². The number of hydrogen-bond donors (Lipinski definition) is 1. The number of benzene rings is 2. The molecule has 0 saturated heterocycles. The molecule has 162 valence electrons. The van der Waals surface area contributed by atoms with Crippen molar-refractivity contribution in [1.29, 1.82) is 5.26 Å². The van der Waals surface area contributed by atoms with E-state index in [2.05, 4.69) is 11.4 Å².